The van der Waals surface area contributed by atoms with Gasteiger partial charge in [0.2, 0.25) is 5.91 Å². The van der Waals surface area contributed by atoms with Crippen molar-refractivity contribution in [1.29, 1.82) is 0 Å². The van der Waals surface area contributed by atoms with Crippen molar-refractivity contribution in [1.82, 2.24) is 20.5 Å². The number of thioether (sulfide) groups is 1. The summed E-state index contributed by atoms with van der Waals surface area (Å²) in [4.78, 5) is 15.7. The number of carbonyl (C=O) groups is 1. The third-order valence-corrected chi connectivity index (χ3v) is 3.82. The summed E-state index contributed by atoms with van der Waals surface area (Å²) in [5, 5.41) is 9.55. The summed E-state index contributed by atoms with van der Waals surface area (Å²) in [5.41, 5.74) is 0. The molecule has 1 aromatic rings. The van der Waals surface area contributed by atoms with E-state index in [1.54, 1.807) is 0 Å². The van der Waals surface area contributed by atoms with Crippen molar-refractivity contribution >= 4 is 17.7 Å². The molecule has 1 fully saturated rings. The second kappa shape index (κ2) is 5.89. The minimum atomic E-state index is 0.211. The fourth-order valence-corrected chi connectivity index (χ4v) is 2.92. The zero-order valence-corrected chi connectivity index (χ0v) is 9.92. The minimum absolute atomic E-state index is 0.211. The number of hydrogen-bond acceptors (Lipinski definition) is 4. The number of hydrogen-bond donors (Lipinski definition) is 2. The Morgan fingerprint density at radius 1 is 1.69 bits per heavy atom. The van der Waals surface area contributed by atoms with Gasteiger partial charge in [-0.25, -0.2) is 4.98 Å². The van der Waals surface area contributed by atoms with Crippen LogP contribution in [0.5, 0.6) is 0 Å². The lowest BCUT2D eigenvalue weighted by molar-refractivity contribution is -0.124. The van der Waals surface area contributed by atoms with Crippen molar-refractivity contribution < 1.29 is 4.79 Å². The standard InChI is InChI=1S/C10H16N4OS/c15-10(8-3-5-16-6-8)11-4-1-2-9-12-7-13-14-9/h7-8H,1-6H2,(H,11,15)(H,12,13,14). The number of aryl methyl sites for hydroxylation is 1. The van der Waals surface area contributed by atoms with Crippen LogP contribution in [0.25, 0.3) is 0 Å². The Bertz CT molecular complexity index is 322. The molecule has 1 aliphatic rings. The van der Waals surface area contributed by atoms with E-state index in [-0.39, 0.29) is 11.8 Å². The number of amides is 1. The summed E-state index contributed by atoms with van der Waals surface area (Å²) < 4.78 is 0. The van der Waals surface area contributed by atoms with Gasteiger partial charge in [-0.05, 0) is 18.6 Å². The Labute approximate surface area is 98.8 Å². The molecule has 0 bridgehead atoms. The summed E-state index contributed by atoms with van der Waals surface area (Å²) in [5.74, 6) is 3.42. The molecule has 0 aromatic carbocycles. The molecule has 16 heavy (non-hydrogen) atoms. The van der Waals surface area contributed by atoms with Crippen molar-refractivity contribution in [2.45, 2.75) is 19.3 Å². The molecule has 6 heteroatoms. The van der Waals surface area contributed by atoms with Crippen molar-refractivity contribution in [2.24, 2.45) is 5.92 Å². The molecule has 0 spiro atoms. The topological polar surface area (TPSA) is 70.7 Å². The molecule has 2 N–H and O–H groups in total. The van der Waals surface area contributed by atoms with Crippen molar-refractivity contribution in [3.05, 3.63) is 12.2 Å². The van der Waals surface area contributed by atoms with E-state index in [1.165, 1.54) is 6.33 Å². The van der Waals surface area contributed by atoms with E-state index in [9.17, 15) is 4.79 Å². The first-order chi connectivity index (χ1) is 7.86. The SMILES string of the molecule is O=C(NCCCc1ncn[nH]1)C1CCSC1. The Balaban J connectivity index is 1.59. The number of carbonyl (C=O) groups excluding carboxylic acids is 1. The highest BCUT2D eigenvalue weighted by Gasteiger charge is 2.22. The Morgan fingerprint density at radius 3 is 3.31 bits per heavy atom. The van der Waals surface area contributed by atoms with Gasteiger partial charge in [-0.2, -0.15) is 16.9 Å². The maximum atomic E-state index is 11.6. The highest BCUT2D eigenvalue weighted by Crippen LogP contribution is 2.23. The largest absolute Gasteiger partial charge is 0.356 e. The lowest BCUT2D eigenvalue weighted by Crippen LogP contribution is -2.31. The van der Waals surface area contributed by atoms with Gasteiger partial charge in [0.05, 0.1) is 0 Å². The van der Waals surface area contributed by atoms with Crippen LogP contribution in [-0.4, -0.2) is 39.1 Å². The molecule has 1 aliphatic heterocycles. The molecule has 0 saturated carbocycles. The molecule has 1 atom stereocenters. The molecule has 0 aliphatic carbocycles. The van der Waals surface area contributed by atoms with Crippen molar-refractivity contribution in [2.75, 3.05) is 18.1 Å². The number of nitrogens with one attached hydrogen (secondary N) is 2. The number of nitrogens with zero attached hydrogens (tertiary/aromatic N) is 2. The predicted octanol–water partition coefficient (Wildman–Crippen LogP) is 0.607. The molecule has 88 valence electrons. The molecule has 2 heterocycles. The molecule has 1 saturated heterocycles. The van der Waals surface area contributed by atoms with E-state index in [1.807, 2.05) is 11.8 Å². The molecule has 0 radical (unpaired) electrons. The van der Waals surface area contributed by atoms with Gasteiger partial charge in [-0.15, -0.1) is 0 Å². The summed E-state index contributed by atoms with van der Waals surface area (Å²) in [7, 11) is 0. The highest BCUT2D eigenvalue weighted by molar-refractivity contribution is 7.99. The lowest BCUT2D eigenvalue weighted by Gasteiger charge is -2.08. The minimum Gasteiger partial charge on any atom is -0.356 e. The van der Waals surface area contributed by atoms with E-state index in [0.717, 1.165) is 43.1 Å². The lowest BCUT2D eigenvalue weighted by atomic mass is 10.1. The molecule has 5 nitrogen and oxygen atoms in total. The summed E-state index contributed by atoms with van der Waals surface area (Å²) in [6.45, 7) is 0.723. The van der Waals surface area contributed by atoms with Crippen molar-refractivity contribution in [3.63, 3.8) is 0 Å². The average Bonchev–Trinajstić information content (AvgIpc) is 2.96. The van der Waals surface area contributed by atoms with Gasteiger partial charge in [0.1, 0.15) is 12.2 Å². The van der Waals surface area contributed by atoms with Gasteiger partial charge in [0.15, 0.2) is 0 Å². The van der Waals surface area contributed by atoms with Crippen LogP contribution in [0.4, 0.5) is 0 Å². The van der Waals surface area contributed by atoms with Crippen LogP contribution in [0, 0.1) is 5.92 Å². The zero-order chi connectivity index (χ0) is 11.2. The van der Waals surface area contributed by atoms with E-state index in [2.05, 4.69) is 20.5 Å². The highest BCUT2D eigenvalue weighted by atomic mass is 32.2. The van der Waals surface area contributed by atoms with Crippen LogP contribution in [0.1, 0.15) is 18.7 Å². The first kappa shape index (κ1) is 11.4. The second-order valence-electron chi connectivity index (χ2n) is 3.89. The Kier molecular flexibility index (Phi) is 4.21. The quantitative estimate of drug-likeness (QED) is 0.740. The third kappa shape index (κ3) is 3.23. The molecular weight excluding hydrogens is 224 g/mol. The molecule has 1 unspecified atom stereocenters. The normalized spacial score (nSPS) is 19.9. The van der Waals surface area contributed by atoms with Crippen molar-refractivity contribution in [3.8, 4) is 0 Å². The molecule has 1 aromatic heterocycles. The summed E-state index contributed by atoms with van der Waals surface area (Å²) in [6, 6.07) is 0. The maximum absolute atomic E-state index is 11.6. The Morgan fingerprint density at radius 2 is 2.62 bits per heavy atom. The first-order valence-electron chi connectivity index (χ1n) is 5.56. The van der Waals surface area contributed by atoms with E-state index in [4.69, 9.17) is 0 Å². The number of aromatic nitrogens is 3. The van der Waals surface area contributed by atoms with Gasteiger partial charge >= 0.3 is 0 Å². The van der Waals surface area contributed by atoms with Crippen LogP contribution in [0.3, 0.4) is 0 Å². The molecule has 1 amide bonds. The van der Waals surface area contributed by atoms with Gasteiger partial charge in [-0.3, -0.25) is 9.89 Å². The van der Waals surface area contributed by atoms with E-state index in [0.29, 0.717) is 0 Å². The van der Waals surface area contributed by atoms with Gasteiger partial charge in [0, 0.05) is 24.6 Å². The predicted molar refractivity (Wildman–Crippen MR) is 63.1 cm³/mol. The summed E-state index contributed by atoms with van der Waals surface area (Å²) in [6.07, 6.45) is 4.27. The van der Waals surface area contributed by atoms with Crippen LogP contribution in [0.2, 0.25) is 0 Å². The summed E-state index contributed by atoms with van der Waals surface area (Å²) >= 11 is 1.86. The maximum Gasteiger partial charge on any atom is 0.223 e. The number of rotatable bonds is 5. The van der Waals surface area contributed by atoms with Crippen LogP contribution < -0.4 is 5.32 Å². The fourth-order valence-electron chi connectivity index (χ4n) is 1.70. The van der Waals surface area contributed by atoms with Gasteiger partial charge in [-0.1, -0.05) is 0 Å². The second-order valence-corrected chi connectivity index (χ2v) is 5.04. The van der Waals surface area contributed by atoms with Crippen LogP contribution in [-0.2, 0) is 11.2 Å². The smallest absolute Gasteiger partial charge is 0.223 e. The van der Waals surface area contributed by atoms with Crippen LogP contribution in [0.15, 0.2) is 6.33 Å². The average molecular weight is 240 g/mol. The molecular formula is C10H16N4OS. The number of aromatic amines is 1. The fraction of sp³-hybridized carbons (Fsp3) is 0.700. The first-order valence-corrected chi connectivity index (χ1v) is 6.71. The monoisotopic (exact) mass is 240 g/mol. The third-order valence-electron chi connectivity index (χ3n) is 2.65. The molecule has 2 rings (SSSR count). The zero-order valence-electron chi connectivity index (χ0n) is 9.11. The number of H-pyrrole nitrogens is 1. The van der Waals surface area contributed by atoms with Crippen LogP contribution >= 0.6 is 11.8 Å². The van der Waals surface area contributed by atoms with Gasteiger partial charge in [0.25, 0.3) is 0 Å². The van der Waals surface area contributed by atoms with E-state index < -0.39 is 0 Å². The van der Waals surface area contributed by atoms with E-state index >= 15 is 0 Å². The van der Waals surface area contributed by atoms with Gasteiger partial charge < -0.3 is 5.32 Å². The Hall–Kier alpha value is -1.04.